The van der Waals surface area contributed by atoms with Crippen molar-refractivity contribution in [2.75, 3.05) is 19.5 Å². The minimum atomic E-state index is -0.669. The zero-order chi connectivity index (χ0) is 17.3. The fraction of sp³-hybridized carbons (Fsp3) is 0.267. The Morgan fingerprint density at radius 1 is 1.29 bits per heavy atom. The number of Topliss-reactive ketones (excluding diaryl/α,β-unsaturated/α-hetero) is 1. The molecule has 0 saturated heterocycles. The molecule has 124 valence electrons. The fourth-order valence-corrected chi connectivity index (χ4v) is 2.64. The average Bonchev–Trinajstić information content (AvgIpc) is 3.07. The number of esters is 1. The van der Waals surface area contributed by atoms with E-state index in [1.807, 2.05) is 6.07 Å². The van der Waals surface area contributed by atoms with E-state index in [0.29, 0.717) is 11.3 Å². The lowest BCUT2D eigenvalue weighted by Crippen LogP contribution is -2.32. The van der Waals surface area contributed by atoms with Crippen LogP contribution in [0.1, 0.15) is 18.5 Å². The Hall–Kier alpha value is -3.23. The van der Waals surface area contributed by atoms with Crippen LogP contribution in [0.25, 0.3) is 0 Å². The highest BCUT2D eigenvalue weighted by atomic mass is 16.5. The van der Waals surface area contributed by atoms with Crippen molar-refractivity contribution in [3.63, 3.8) is 0 Å². The summed E-state index contributed by atoms with van der Waals surface area (Å²) in [6.07, 6.45) is 0. The summed E-state index contributed by atoms with van der Waals surface area (Å²) < 4.78 is 11.5. The van der Waals surface area contributed by atoms with Gasteiger partial charge in [0.05, 0.1) is 19.8 Å². The van der Waals surface area contributed by atoms with Crippen LogP contribution in [-0.2, 0) is 14.3 Å². The molecule has 0 unspecified atom stereocenters. The highest BCUT2D eigenvalue weighted by Crippen LogP contribution is 2.36. The summed E-state index contributed by atoms with van der Waals surface area (Å²) in [5.74, 6) is -0.101. The molecule has 1 aromatic carbocycles. The first-order chi connectivity index (χ1) is 11.6. The predicted octanol–water partition coefficient (Wildman–Crippen LogP) is 0.713. The van der Waals surface area contributed by atoms with Gasteiger partial charge in [0.25, 0.3) is 0 Å². The van der Waals surface area contributed by atoms with Gasteiger partial charge in [0.1, 0.15) is 17.5 Å². The molecule has 1 atom stereocenters. The van der Waals surface area contributed by atoms with Crippen molar-refractivity contribution < 1.29 is 19.1 Å². The van der Waals surface area contributed by atoms with E-state index in [0.717, 1.165) is 0 Å². The quantitative estimate of drug-likeness (QED) is 0.817. The lowest BCUT2D eigenvalue weighted by molar-refractivity contribution is -0.136. The highest BCUT2D eigenvalue weighted by Gasteiger charge is 2.36. The second kappa shape index (κ2) is 6.11. The maximum Gasteiger partial charge on any atom is 0.355 e. The van der Waals surface area contributed by atoms with Crippen LogP contribution in [0, 0.1) is 0 Å². The number of benzene rings is 1. The first-order valence-corrected chi connectivity index (χ1v) is 7.09. The van der Waals surface area contributed by atoms with E-state index >= 15 is 0 Å². The van der Waals surface area contributed by atoms with Crippen molar-refractivity contribution in [2.24, 2.45) is 0 Å². The van der Waals surface area contributed by atoms with E-state index in [-0.39, 0.29) is 23.0 Å². The smallest absolute Gasteiger partial charge is 0.355 e. The molecule has 2 aromatic rings. The molecule has 9 nitrogen and oxygen atoms in total. The van der Waals surface area contributed by atoms with Gasteiger partial charge in [-0.1, -0.05) is 17.2 Å². The largest absolute Gasteiger partial charge is 0.497 e. The number of rotatable bonds is 4. The van der Waals surface area contributed by atoms with E-state index in [1.165, 1.54) is 18.7 Å². The molecule has 1 N–H and O–H groups in total. The number of carbonyl (C=O) groups excluding carboxylic acids is 2. The summed E-state index contributed by atoms with van der Waals surface area (Å²) in [6.45, 7) is 1.38. The molecular weight excluding hydrogens is 314 g/mol. The molecule has 0 bridgehead atoms. The van der Waals surface area contributed by atoms with Crippen molar-refractivity contribution in [1.29, 1.82) is 0 Å². The van der Waals surface area contributed by atoms with Crippen molar-refractivity contribution in [3.8, 4) is 5.75 Å². The van der Waals surface area contributed by atoms with Gasteiger partial charge in [-0.2, -0.15) is 4.68 Å². The molecule has 0 fully saturated rings. The van der Waals surface area contributed by atoms with Crippen LogP contribution in [-0.4, -0.2) is 46.2 Å². The van der Waals surface area contributed by atoms with Crippen LogP contribution in [0.5, 0.6) is 5.75 Å². The molecule has 0 aliphatic carbocycles. The van der Waals surface area contributed by atoms with Crippen LogP contribution in [0.2, 0.25) is 0 Å². The number of aromatic nitrogens is 4. The Morgan fingerprint density at radius 2 is 2.08 bits per heavy atom. The minimum Gasteiger partial charge on any atom is -0.497 e. The van der Waals surface area contributed by atoms with Gasteiger partial charge < -0.3 is 14.8 Å². The maximum atomic E-state index is 12.3. The molecule has 9 heteroatoms. The van der Waals surface area contributed by atoms with Crippen LogP contribution in [0.3, 0.4) is 0 Å². The Labute approximate surface area is 137 Å². The number of tetrazole rings is 1. The van der Waals surface area contributed by atoms with Gasteiger partial charge in [0.15, 0.2) is 5.78 Å². The predicted molar refractivity (Wildman–Crippen MR) is 82.3 cm³/mol. The fourth-order valence-electron chi connectivity index (χ4n) is 2.64. The first-order valence-electron chi connectivity index (χ1n) is 7.09. The number of hydrogen-bond acceptors (Lipinski definition) is 8. The van der Waals surface area contributed by atoms with Gasteiger partial charge >= 0.3 is 5.97 Å². The van der Waals surface area contributed by atoms with Gasteiger partial charge in [0.2, 0.25) is 5.95 Å². The first kappa shape index (κ1) is 15.7. The third kappa shape index (κ3) is 2.49. The van der Waals surface area contributed by atoms with Gasteiger partial charge in [-0.25, -0.2) is 4.79 Å². The summed E-state index contributed by atoms with van der Waals surface area (Å²) in [7, 11) is 2.79. The summed E-state index contributed by atoms with van der Waals surface area (Å²) in [5.41, 5.74) is 0.950. The van der Waals surface area contributed by atoms with Crippen molar-refractivity contribution in [2.45, 2.75) is 13.0 Å². The number of anilines is 1. The molecule has 2 heterocycles. The molecule has 0 amide bonds. The number of ether oxygens (including phenoxy) is 2. The number of fused-ring (bicyclic) bond motifs is 1. The maximum absolute atomic E-state index is 12.3. The van der Waals surface area contributed by atoms with E-state index in [9.17, 15) is 9.59 Å². The zero-order valence-corrected chi connectivity index (χ0v) is 13.3. The van der Waals surface area contributed by atoms with E-state index in [4.69, 9.17) is 9.47 Å². The minimum absolute atomic E-state index is 0.0279. The number of nitrogens with one attached hydrogen (secondary N) is 1. The summed E-state index contributed by atoms with van der Waals surface area (Å²) in [4.78, 5) is 24.4. The molecule has 1 aliphatic heterocycles. The standard InChI is InChI=1S/C15H15N5O4/c1-8(21)11-12(14(22)24-3)16-15-17-18-19-20(15)13(11)9-5-4-6-10(7-9)23-2/h4-7,13H,1-3H3,(H,16,17,19)/t13-/m1/s1. The Bertz CT molecular complexity index is 842. The van der Waals surface area contributed by atoms with Gasteiger partial charge in [-0.05, 0) is 35.0 Å². The second-order valence-corrected chi connectivity index (χ2v) is 5.09. The molecule has 24 heavy (non-hydrogen) atoms. The van der Waals surface area contributed by atoms with Crippen molar-refractivity contribution in [3.05, 3.63) is 41.1 Å². The number of hydrogen-bond donors (Lipinski definition) is 1. The highest BCUT2D eigenvalue weighted by molar-refractivity contribution is 6.06. The molecular formula is C15H15N5O4. The molecule has 0 saturated carbocycles. The van der Waals surface area contributed by atoms with Gasteiger partial charge in [0, 0.05) is 0 Å². The van der Waals surface area contributed by atoms with Crippen molar-refractivity contribution in [1.82, 2.24) is 20.2 Å². The Kier molecular flexibility index (Phi) is 3.98. The third-order valence-corrected chi connectivity index (χ3v) is 3.70. The van der Waals surface area contributed by atoms with E-state index in [1.54, 1.807) is 25.3 Å². The Morgan fingerprint density at radius 3 is 2.75 bits per heavy atom. The molecule has 1 aromatic heterocycles. The van der Waals surface area contributed by atoms with E-state index in [2.05, 4.69) is 20.8 Å². The third-order valence-electron chi connectivity index (χ3n) is 3.70. The number of ketones is 1. The average molecular weight is 329 g/mol. The zero-order valence-electron chi connectivity index (χ0n) is 13.3. The number of allylic oxidation sites excluding steroid dienone is 1. The van der Waals surface area contributed by atoms with Crippen LogP contribution in [0.4, 0.5) is 5.95 Å². The molecule has 0 radical (unpaired) electrons. The number of nitrogens with zero attached hydrogens (tertiary/aromatic N) is 4. The summed E-state index contributed by atoms with van der Waals surface area (Å²) >= 11 is 0. The lowest BCUT2D eigenvalue weighted by Gasteiger charge is -2.27. The van der Waals surface area contributed by atoms with Crippen molar-refractivity contribution >= 4 is 17.7 Å². The number of carbonyl (C=O) groups is 2. The second-order valence-electron chi connectivity index (χ2n) is 5.09. The van der Waals surface area contributed by atoms with Gasteiger partial charge in [-0.15, -0.1) is 0 Å². The molecule has 3 rings (SSSR count). The summed E-state index contributed by atoms with van der Waals surface area (Å²) in [6, 6.07) is 6.47. The lowest BCUT2D eigenvalue weighted by atomic mass is 9.92. The number of methoxy groups -OCH3 is 2. The normalized spacial score (nSPS) is 16.2. The van der Waals surface area contributed by atoms with E-state index < -0.39 is 12.0 Å². The van der Waals surface area contributed by atoms with Crippen LogP contribution < -0.4 is 10.1 Å². The van der Waals surface area contributed by atoms with Gasteiger partial charge in [-0.3, -0.25) is 4.79 Å². The van der Waals surface area contributed by atoms with Crippen LogP contribution in [0.15, 0.2) is 35.5 Å². The monoisotopic (exact) mass is 329 g/mol. The van der Waals surface area contributed by atoms with Crippen LogP contribution >= 0.6 is 0 Å². The molecule has 0 spiro atoms. The summed E-state index contributed by atoms with van der Waals surface area (Å²) in [5, 5.41) is 14.2. The SMILES string of the molecule is COC(=O)C1=C(C(C)=O)[C@@H](c2cccc(OC)c2)n2nnnc2N1. The Balaban J connectivity index is 2.24. The molecule has 1 aliphatic rings. The topological polar surface area (TPSA) is 108 Å².